The van der Waals surface area contributed by atoms with Crippen molar-refractivity contribution in [1.29, 1.82) is 0 Å². The molecule has 1 saturated heterocycles. The largest absolute Gasteiger partial charge is 0.481 e. The summed E-state index contributed by atoms with van der Waals surface area (Å²) in [6.45, 7) is 1.00. The number of likely N-dealkylation sites (tertiary alicyclic amines) is 1. The zero-order chi connectivity index (χ0) is 12.3. The zero-order valence-corrected chi connectivity index (χ0v) is 10.2. The molecule has 0 spiro atoms. The number of carboxylic acids is 1. The quantitative estimate of drug-likeness (QED) is 0.871. The highest BCUT2D eigenvalue weighted by atomic mass is 16.4. The molecule has 0 radical (unpaired) electrons. The molecule has 92 valence electrons. The minimum Gasteiger partial charge on any atom is -0.481 e. The predicted octanol–water partition coefficient (Wildman–Crippen LogP) is 2.34. The van der Waals surface area contributed by atoms with E-state index in [1.54, 1.807) is 0 Å². The summed E-state index contributed by atoms with van der Waals surface area (Å²) in [4.78, 5) is 13.7. The highest BCUT2D eigenvalue weighted by Gasteiger charge is 2.33. The number of nitrogens with zero attached hydrogens (tertiary/aromatic N) is 1. The number of benzene rings is 1. The highest BCUT2D eigenvalue weighted by molar-refractivity contribution is 5.77. The van der Waals surface area contributed by atoms with Crippen molar-refractivity contribution in [2.75, 3.05) is 13.6 Å². The molecule has 0 amide bonds. The van der Waals surface area contributed by atoms with Crippen LogP contribution in [0.5, 0.6) is 0 Å². The fourth-order valence-electron chi connectivity index (χ4n) is 2.71. The van der Waals surface area contributed by atoms with Gasteiger partial charge < -0.3 is 10.0 Å². The zero-order valence-electron chi connectivity index (χ0n) is 10.2. The van der Waals surface area contributed by atoms with Gasteiger partial charge in [-0.1, -0.05) is 36.8 Å². The molecule has 2 atom stereocenters. The van der Waals surface area contributed by atoms with Gasteiger partial charge in [0.15, 0.2) is 0 Å². The van der Waals surface area contributed by atoms with Gasteiger partial charge in [-0.25, -0.2) is 0 Å². The third-order valence-corrected chi connectivity index (χ3v) is 3.64. The van der Waals surface area contributed by atoms with Gasteiger partial charge in [0.25, 0.3) is 0 Å². The molecule has 1 aliphatic heterocycles. The average Bonchev–Trinajstić information content (AvgIpc) is 2.33. The number of likely N-dealkylation sites (N-methyl/N-ethyl adjacent to an activating group) is 1. The Labute approximate surface area is 102 Å². The van der Waals surface area contributed by atoms with E-state index in [1.807, 2.05) is 37.4 Å². The molecule has 2 unspecified atom stereocenters. The van der Waals surface area contributed by atoms with Crippen LogP contribution in [0.25, 0.3) is 0 Å². The molecule has 0 aromatic heterocycles. The van der Waals surface area contributed by atoms with Crippen molar-refractivity contribution >= 4 is 5.97 Å². The van der Waals surface area contributed by atoms with Gasteiger partial charge in [-0.3, -0.25) is 4.79 Å². The van der Waals surface area contributed by atoms with Crippen molar-refractivity contribution in [2.24, 2.45) is 0 Å². The van der Waals surface area contributed by atoms with E-state index in [4.69, 9.17) is 0 Å². The third-order valence-electron chi connectivity index (χ3n) is 3.64. The van der Waals surface area contributed by atoms with E-state index in [1.165, 1.54) is 6.42 Å². The predicted molar refractivity (Wildman–Crippen MR) is 67.1 cm³/mol. The van der Waals surface area contributed by atoms with Gasteiger partial charge in [0.05, 0.1) is 5.92 Å². The van der Waals surface area contributed by atoms with E-state index < -0.39 is 11.9 Å². The molecule has 1 fully saturated rings. The second-order valence-electron chi connectivity index (χ2n) is 4.77. The first-order valence-electron chi connectivity index (χ1n) is 6.18. The van der Waals surface area contributed by atoms with Gasteiger partial charge in [0.2, 0.25) is 0 Å². The lowest BCUT2D eigenvalue weighted by Crippen LogP contribution is -2.43. The van der Waals surface area contributed by atoms with Gasteiger partial charge >= 0.3 is 5.97 Å². The van der Waals surface area contributed by atoms with Gasteiger partial charge in [-0.15, -0.1) is 0 Å². The molecule has 1 heterocycles. The Kier molecular flexibility index (Phi) is 3.79. The second-order valence-corrected chi connectivity index (χ2v) is 4.77. The van der Waals surface area contributed by atoms with Gasteiger partial charge in [-0.2, -0.15) is 0 Å². The molecule has 1 N–H and O–H groups in total. The third kappa shape index (κ3) is 2.67. The maximum Gasteiger partial charge on any atom is 0.312 e. The van der Waals surface area contributed by atoms with Crippen molar-refractivity contribution in [2.45, 2.75) is 31.2 Å². The number of rotatable bonds is 3. The van der Waals surface area contributed by atoms with Crippen molar-refractivity contribution in [3.63, 3.8) is 0 Å². The van der Waals surface area contributed by atoms with E-state index in [0.29, 0.717) is 0 Å². The summed E-state index contributed by atoms with van der Waals surface area (Å²) in [7, 11) is 2.03. The van der Waals surface area contributed by atoms with E-state index >= 15 is 0 Å². The van der Waals surface area contributed by atoms with E-state index in [9.17, 15) is 9.90 Å². The first-order chi connectivity index (χ1) is 8.20. The normalized spacial score (nSPS) is 23.2. The standard InChI is InChI=1S/C14H19NO2/c1-15-10-6-5-9-12(15)13(14(16)17)11-7-3-2-4-8-11/h2-4,7-8,12-13H,5-6,9-10H2,1H3,(H,16,17). The van der Waals surface area contributed by atoms with Crippen molar-refractivity contribution in [3.8, 4) is 0 Å². The summed E-state index contributed by atoms with van der Waals surface area (Å²) in [6, 6.07) is 9.71. The van der Waals surface area contributed by atoms with Crippen LogP contribution in [0.2, 0.25) is 0 Å². The molecule has 1 aromatic rings. The number of hydrogen-bond acceptors (Lipinski definition) is 2. The summed E-state index contributed by atoms with van der Waals surface area (Å²) < 4.78 is 0. The molecular weight excluding hydrogens is 214 g/mol. The number of carboxylic acid groups (broad SMARTS) is 1. The molecule has 2 rings (SSSR count). The number of carbonyl (C=O) groups is 1. The van der Waals surface area contributed by atoms with Crippen LogP contribution in [0.1, 0.15) is 30.7 Å². The fourth-order valence-corrected chi connectivity index (χ4v) is 2.71. The average molecular weight is 233 g/mol. The fraction of sp³-hybridized carbons (Fsp3) is 0.500. The number of hydrogen-bond donors (Lipinski definition) is 1. The van der Waals surface area contributed by atoms with Crippen LogP contribution < -0.4 is 0 Å². The topological polar surface area (TPSA) is 40.5 Å². The van der Waals surface area contributed by atoms with Crippen molar-refractivity contribution in [1.82, 2.24) is 4.90 Å². The number of aliphatic carboxylic acids is 1. The van der Waals surface area contributed by atoms with Crippen LogP contribution in [0.4, 0.5) is 0 Å². The lowest BCUT2D eigenvalue weighted by Gasteiger charge is -2.36. The first kappa shape index (κ1) is 12.1. The maximum absolute atomic E-state index is 11.5. The van der Waals surface area contributed by atoms with Crippen LogP contribution in [0.3, 0.4) is 0 Å². The Morgan fingerprint density at radius 3 is 2.65 bits per heavy atom. The SMILES string of the molecule is CN1CCCCC1C(C(=O)O)c1ccccc1. The molecule has 17 heavy (non-hydrogen) atoms. The summed E-state index contributed by atoms with van der Waals surface area (Å²) in [5.41, 5.74) is 0.916. The molecular formula is C14H19NO2. The summed E-state index contributed by atoms with van der Waals surface area (Å²) in [6.07, 6.45) is 3.28. The Balaban J connectivity index is 2.26. The van der Waals surface area contributed by atoms with Crippen LogP contribution >= 0.6 is 0 Å². The minimum atomic E-state index is -0.713. The molecule has 0 bridgehead atoms. The molecule has 0 saturated carbocycles. The molecule has 1 aromatic carbocycles. The van der Waals surface area contributed by atoms with Gasteiger partial charge in [0.1, 0.15) is 0 Å². The van der Waals surface area contributed by atoms with Crippen molar-refractivity contribution < 1.29 is 9.90 Å². The number of piperidine rings is 1. The lowest BCUT2D eigenvalue weighted by atomic mass is 9.85. The second kappa shape index (κ2) is 5.32. The monoisotopic (exact) mass is 233 g/mol. The summed E-state index contributed by atoms with van der Waals surface area (Å²) in [5.74, 6) is -1.11. The Hall–Kier alpha value is -1.35. The van der Waals surface area contributed by atoms with Crippen LogP contribution in [0.15, 0.2) is 30.3 Å². The van der Waals surface area contributed by atoms with Crippen LogP contribution in [-0.2, 0) is 4.79 Å². The van der Waals surface area contributed by atoms with E-state index in [2.05, 4.69) is 4.90 Å². The molecule has 3 heteroatoms. The maximum atomic E-state index is 11.5. The van der Waals surface area contributed by atoms with Crippen LogP contribution in [0, 0.1) is 0 Å². The van der Waals surface area contributed by atoms with E-state index in [0.717, 1.165) is 24.9 Å². The molecule has 1 aliphatic rings. The van der Waals surface area contributed by atoms with Gasteiger partial charge in [-0.05, 0) is 32.0 Å². The lowest BCUT2D eigenvalue weighted by molar-refractivity contribution is -0.140. The smallest absolute Gasteiger partial charge is 0.312 e. The first-order valence-corrected chi connectivity index (χ1v) is 6.18. The molecule has 3 nitrogen and oxygen atoms in total. The Morgan fingerprint density at radius 1 is 1.35 bits per heavy atom. The minimum absolute atomic E-state index is 0.128. The Bertz CT molecular complexity index is 377. The van der Waals surface area contributed by atoms with E-state index in [-0.39, 0.29) is 6.04 Å². The van der Waals surface area contributed by atoms with Crippen LogP contribution in [-0.4, -0.2) is 35.6 Å². The van der Waals surface area contributed by atoms with Crippen molar-refractivity contribution in [3.05, 3.63) is 35.9 Å². The highest BCUT2D eigenvalue weighted by Crippen LogP contribution is 2.29. The molecule has 0 aliphatic carbocycles. The summed E-state index contributed by atoms with van der Waals surface area (Å²) >= 11 is 0. The Morgan fingerprint density at radius 2 is 2.06 bits per heavy atom. The summed E-state index contributed by atoms with van der Waals surface area (Å²) in [5, 5.41) is 9.47. The van der Waals surface area contributed by atoms with Gasteiger partial charge in [0, 0.05) is 6.04 Å².